The van der Waals surface area contributed by atoms with Crippen LogP contribution in [0.3, 0.4) is 0 Å². The molecule has 0 fully saturated rings. The number of aliphatic hydroxyl groups excluding tert-OH is 1. The molecule has 0 aromatic heterocycles. The van der Waals surface area contributed by atoms with E-state index in [-0.39, 0.29) is 6.61 Å². The Morgan fingerprint density at radius 1 is 1.00 bits per heavy atom. The van der Waals surface area contributed by atoms with E-state index in [4.69, 9.17) is 5.11 Å². The second-order valence-electron chi connectivity index (χ2n) is 3.99. The number of aliphatic hydroxyl groups is 1. The molecule has 0 heterocycles. The molecular formula is C16H16O. The largest absolute Gasteiger partial charge is 0.392 e. The summed E-state index contributed by atoms with van der Waals surface area (Å²) in [6.07, 6.45) is 15.6. The van der Waals surface area contributed by atoms with Crippen molar-refractivity contribution in [1.29, 1.82) is 0 Å². The Bertz CT molecular complexity index is 473. The van der Waals surface area contributed by atoms with Gasteiger partial charge in [0, 0.05) is 0 Å². The zero-order valence-electron chi connectivity index (χ0n) is 9.71. The normalized spacial score (nSPS) is 15.0. The van der Waals surface area contributed by atoms with Crippen molar-refractivity contribution in [3.8, 4) is 0 Å². The maximum atomic E-state index is 8.95. The highest BCUT2D eigenvalue weighted by Gasteiger charge is 1.92. The van der Waals surface area contributed by atoms with Gasteiger partial charge in [0.15, 0.2) is 0 Å². The fraction of sp³-hybridized carbons (Fsp3) is 0.125. The summed E-state index contributed by atoms with van der Waals surface area (Å²) in [6.45, 7) is 0.102. The van der Waals surface area contributed by atoms with Gasteiger partial charge >= 0.3 is 0 Å². The SMILES string of the molecule is OCc1ccc(/C=C/C2=CC=CC=CC2)cc1. The summed E-state index contributed by atoms with van der Waals surface area (Å²) in [5, 5.41) is 8.95. The molecule has 0 saturated heterocycles. The summed E-state index contributed by atoms with van der Waals surface area (Å²) in [5.74, 6) is 0. The second kappa shape index (κ2) is 6.02. The van der Waals surface area contributed by atoms with Crippen molar-refractivity contribution in [3.63, 3.8) is 0 Å². The Hall–Kier alpha value is -1.86. The van der Waals surface area contributed by atoms with Crippen LogP contribution in [0.4, 0.5) is 0 Å². The predicted molar refractivity (Wildman–Crippen MR) is 72.4 cm³/mol. The van der Waals surface area contributed by atoms with Crippen molar-refractivity contribution in [1.82, 2.24) is 0 Å². The van der Waals surface area contributed by atoms with E-state index in [1.807, 2.05) is 30.3 Å². The molecule has 0 bridgehead atoms. The minimum Gasteiger partial charge on any atom is -0.392 e. The number of allylic oxidation sites excluding steroid dienone is 7. The maximum absolute atomic E-state index is 8.95. The summed E-state index contributed by atoms with van der Waals surface area (Å²) < 4.78 is 0. The van der Waals surface area contributed by atoms with Gasteiger partial charge < -0.3 is 5.11 Å². The summed E-state index contributed by atoms with van der Waals surface area (Å²) in [5.41, 5.74) is 3.39. The summed E-state index contributed by atoms with van der Waals surface area (Å²) in [7, 11) is 0. The number of hydrogen-bond donors (Lipinski definition) is 1. The zero-order chi connectivity index (χ0) is 11.9. The van der Waals surface area contributed by atoms with Crippen molar-refractivity contribution in [3.05, 3.63) is 77.4 Å². The van der Waals surface area contributed by atoms with Gasteiger partial charge in [0.2, 0.25) is 0 Å². The molecule has 1 aliphatic rings. The first kappa shape index (κ1) is 11.6. The van der Waals surface area contributed by atoms with Crippen LogP contribution in [0.15, 0.2) is 66.3 Å². The van der Waals surface area contributed by atoms with E-state index in [0.29, 0.717) is 0 Å². The lowest BCUT2D eigenvalue weighted by atomic mass is 10.1. The molecule has 1 N–H and O–H groups in total. The second-order valence-corrected chi connectivity index (χ2v) is 3.99. The van der Waals surface area contributed by atoms with E-state index >= 15 is 0 Å². The van der Waals surface area contributed by atoms with E-state index in [2.05, 4.69) is 36.5 Å². The van der Waals surface area contributed by atoms with Gasteiger partial charge in [-0.1, -0.05) is 66.8 Å². The highest BCUT2D eigenvalue weighted by Crippen LogP contribution is 2.12. The van der Waals surface area contributed by atoms with Crippen molar-refractivity contribution in [2.75, 3.05) is 0 Å². The van der Waals surface area contributed by atoms with Crippen LogP contribution >= 0.6 is 0 Å². The highest BCUT2D eigenvalue weighted by atomic mass is 16.3. The Kier molecular flexibility index (Phi) is 4.11. The predicted octanol–water partition coefficient (Wildman–Crippen LogP) is 3.63. The van der Waals surface area contributed by atoms with Gasteiger partial charge in [-0.05, 0) is 23.1 Å². The quantitative estimate of drug-likeness (QED) is 0.831. The van der Waals surface area contributed by atoms with E-state index in [0.717, 1.165) is 17.5 Å². The topological polar surface area (TPSA) is 20.2 Å². The lowest BCUT2D eigenvalue weighted by Crippen LogP contribution is -1.82. The van der Waals surface area contributed by atoms with Crippen LogP contribution in [-0.4, -0.2) is 5.11 Å². The molecule has 1 nitrogen and oxygen atoms in total. The van der Waals surface area contributed by atoms with Crippen LogP contribution in [0, 0.1) is 0 Å². The van der Waals surface area contributed by atoms with Crippen LogP contribution in [0.25, 0.3) is 6.08 Å². The van der Waals surface area contributed by atoms with Gasteiger partial charge in [0.05, 0.1) is 6.61 Å². The molecule has 1 aromatic rings. The van der Waals surface area contributed by atoms with Crippen molar-refractivity contribution in [2.45, 2.75) is 13.0 Å². The third kappa shape index (κ3) is 3.58. The van der Waals surface area contributed by atoms with Gasteiger partial charge in [0.25, 0.3) is 0 Å². The lowest BCUT2D eigenvalue weighted by Gasteiger charge is -1.98. The molecule has 0 saturated carbocycles. The van der Waals surface area contributed by atoms with Gasteiger partial charge in [0.1, 0.15) is 0 Å². The standard InChI is InChI=1S/C16H16O/c17-13-16-11-9-15(10-12-16)8-7-14-5-3-1-2-4-6-14/h1-5,7-12,17H,6,13H2/b8-7+. The molecule has 0 amide bonds. The first-order valence-corrected chi connectivity index (χ1v) is 5.79. The van der Waals surface area contributed by atoms with Crippen molar-refractivity contribution >= 4 is 6.08 Å². The molecule has 1 heteroatoms. The number of benzene rings is 1. The van der Waals surface area contributed by atoms with Crippen LogP contribution in [0.5, 0.6) is 0 Å². The molecule has 1 aliphatic carbocycles. The van der Waals surface area contributed by atoms with Crippen LogP contribution in [0.2, 0.25) is 0 Å². The van der Waals surface area contributed by atoms with Crippen molar-refractivity contribution < 1.29 is 5.11 Å². The minimum atomic E-state index is 0.102. The van der Waals surface area contributed by atoms with Crippen LogP contribution in [-0.2, 0) is 6.61 Å². The maximum Gasteiger partial charge on any atom is 0.0681 e. The Morgan fingerprint density at radius 2 is 1.82 bits per heavy atom. The van der Waals surface area contributed by atoms with E-state index in [9.17, 15) is 0 Å². The first-order chi connectivity index (χ1) is 8.38. The van der Waals surface area contributed by atoms with E-state index < -0.39 is 0 Å². The third-order valence-electron chi connectivity index (χ3n) is 2.67. The van der Waals surface area contributed by atoms with Crippen molar-refractivity contribution in [2.24, 2.45) is 0 Å². The lowest BCUT2D eigenvalue weighted by molar-refractivity contribution is 0.282. The van der Waals surface area contributed by atoms with Gasteiger partial charge in [-0.15, -0.1) is 0 Å². The van der Waals surface area contributed by atoms with E-state index in [1.165, 1.54) is 5.57 Å². The third-order valence-corrected chi connectivity index (χ3v) is 2.67. The zero-order valence-corrected chi connectivity index (χ0v) is 9.71. The van der Waals surface area contributed by atoms with Gasteiger partial charge in [-0.25, -0.2) is 0 Å². The molecule has 2 rings (SSSR count). The average molecular weight is 224 g/mol. The fourth-order valence-electron chi connectivity index (χ4n) is 1.66. The van der Waals surface area contributed by atoms with Crippen LogP contribution in [0.1, 0.15) is 17.5 Å². The summed E-state index contributed by atoms with van der Waals surface area (Å²) >= 11 is 0. The van der Waals surface area contributed by atoms with Crippen LogP contribution < -0.4 is 0 Å². The monoisotopic (exact) mass is 224 g/mol. The molecule has 0 unspecified atom stereocenters. The summed E-state index contributed by atoms with van der Waals surface area (Å²) in [6, 6.07) is 7.93. The van der Waals surface area contributed by atoms with Gasteiger partial charge in [-0.3, -0.25) is 0 Å². The Balaban J connectivity index is 2.06. The molecule has 0 aliphatic heterocycles. The van der Waals surface area contributed by atoms with E-state index in [1.54, 1.807) is 0 Å². The summed E-state index contributed by atoms with van der Waals surface area (Å²) in [4.78, 5) is 0. The smallest absolute Gasteiger partial charge is 0.0681 e. The molecule has 1 aromatic carbocycles. The first-order valence-electron chi connectivity index (χ1n) is 5.79. The average Bonchev–Trinajstić information content (AvgIpc) is 2.65. The molecule has 17 heavy (non-hydrogen) atoms. The number of rotatable bonds is 3. The molecule has 0 atom stereocenters. The Labute approximate surface area is 102 Å². The minimum absolute atomic E-state index is 0.102. The molecule has 0 radical (unpaired) electrons. The fourth-order valence-corrected chi connectivity index (χ4v) is 1.66. The molecule has 0 spiro atoms. The Morgan fingerprint density at radius 3 is 2.59 bits per heavy atom. The highest BCUT2D eigenvalue weighted by molar-refractivity contribution is 5.54. The van der Waals surface area contributed by atoms with Gasteiger partial charge in [-0.2, -0.15) is 0 Å². The molecular weight excluding hydrogens is 208 g/mol. The molecule has 86 valence electrons. The number of hydrogen-bond acceptors (Lipinski definition) is 1.